The van der Waals surface area contributed by atoms with Crippen LogP contribution in [0.4, 0.5) is 5.69 Å². The molecular formula is C28H41BN4O5. The second kappa shape index (κ2) is 13.6. The Morgan fingerprint density at radius 1 is 1.05 bits per heavy atom. The molecule has 0 aromatic heterocycles. The Bertz CT molecular complexity index is 1020. The van der Waals surface area contributed by atoms with Crippen LogP contribution < -0.4 is 16.0 Å². The molecule has 2 unspecified atom stereocenters. The molecule has 0 bridgehead atoms. The lowest BCUT2D eigenvalue weighted by atomic mass is 9.67. The first-order valence-electron chi connectivity index (χ1n) is 14.0. The van der Waals surface area contributed by atoms with Crippen molar-refractivity contribution in [3.05, 3.63) is 29.8 Å². The van der Waals surface area contributed by atoms with Gasteiger partial charge in [0.15, 0.2) is 0 Å². The molecule has 1 aromatic carbocycles. The van der Waals surface area contributed by atoms with Gasteiger partial charge >= 0.3 is 0 Å². The summed E-state index contributed by atoms with van der Waals surface area (Å²) in [6.07, 6.45) is 5.92. The lowest BCUT2D eigenvalue weighted by Gasteiger charge is -2.38. The highest BCUT2D eigenvalue weighted by Gasteiger charge is 2.50. The van der Waals surface area contributed by atoms with Crippen molar-refractivity contribution in [2.45, 2.75) is 71.5 Å². The second-order valence-electron chi connectivity index (χ2n) is 10.6. The van der Waals surface area contributed by atoms with Crippen LogP contribution in [0, 0.1) is 17.3 Å². The molecule has 1 aliphatic heterocycles. The lowest BCUT2D eigenvalue weighted by molar-refractivity contribution is -0.150. The van der Waals surface area contributed by atoms with Crippen molar-refractivity contribution in [1.82, 2.24) is 15.5 Å². The van der Waals surface area contributed by atoms with Gasteiger partial charge in [0.1, 0.15) is 13.3 Å². The van der Waals surface area contributed by atoms with Crippen molar-refractivity contribution >= 4 is 43.1 Å². The van der Waals surface area contributed by atoms with E-state index in [1.54, 1.807) is 0 Å². The molecule has 10 heteroatoms. The Hall–Kier alpha value is -3.17. The fourth-order valence-electron chi connectivity index (χ4n) is 5.06. The van der Waals surface area contributed by atoms with Crippen molar-refractivity contribution in [1.29, 1.82) is 0 Å². The van der Waals surface area contributed by atoms with E-state index in [0.717, 1.165) is 25.6 Å². The van der Waals surface area contributed by atoms with Gasteiger partial charge < -0.3 is 16.0 Å². The van der Waals surface area contributed by atoms with Crippen LogP contribution >= 0.6 is 0 Å². The van der Waals surface area contributed by atoms with Gasteiger partial charge in [-0.25, -0.2) is 0 Å². The highest BCUT2D eigenvalue weighted by molar-refractivity contribution is 6.08. The summed E-state index contributed by atoms with van der Waals surface area (Å²) in [5.74, 6) is -1.21. The van der Waals surface area contributed by atoms with E-state index in [1.807, 2.05) is 38.1 Å². The van der Waals surface area contributed by atoms with Crippen LogP contribution in [-0.4, -0.2) is 61.9 Å². The Balaban J connectivity index is 1.35. The van der Waals surface area contributed by atoms with Gasteiger partial charge in [-0.15, -0.1) is 0 Å². The zero-order valence-corrected chi connectivity index (χ0v) is 22.9. The van der Waals surface area contributed by atoms with Crippen LogP contribution in [0.3, 0.4) is 0 Å². The number of carbonyl (C=O) groups excluding carboxylic acids is 5. The molecular weight excluding hydrogens is 483 g/mol. The Kier molecular flexibility index (Phi) is 10.5. The summed E-state index contributed by atoms with van der Waals surface area (Å²) in [6.45, 7) is 4.67. The summed E-state index contributed by atoms with van der Waals surface area (Å²) in [4.78, 5) is 64.2. The minimum Gasteiger partial charge on any atom is -0.355 e. The van der Waals surface area contributed by atoms with Gasteiger partial charge in [-0.05, 0) is 50.2 Å². The third-order valence-corrected chi connectivity index (χ3v) is 8.09. The van der Waals surface area contributed by atoms with E-state index in [9.17, 15) is 24.0 Å². The molecule has 206 valence electrons. The molecule has 1 aromatic rings. The maximum Gasteiger partial charge on any atom is 0.243 e. The Morgan fingerprint density at radius 3 is 2.34 bits per heavy atom. The highest BCUT2D eigenvalue weighted by atomic mass is 16.2. The molecule has 1 saturated carbocycles. The Morgan fingerprint density at radius 2 is 1.74 bits per heavy atom. The summed E-state index contributed by atoms with van der Waals surface area (Å²) < 4.78 is 0. The minimum atomic E-state index is -1.12. The smallest absolute Gasteiger partial charge is 0.243 e. The number of unbranched alkanes of at least 4 members (excludes halogenated alkanes) is 2. The maximum absolute atomic E-state index is 12.9. The number of rotatable bonds is 14. The van der Waals surface area contributed by atoms with Crippen LogP contribution in [0.2, 0.25) is 0 Å². The van der Waals surface area contributed by atoms with Crippen molar-refractivity contribution in [3.63, 3.8) is 0 Å². The fraction of sp³-hybridized carbons (Fsp3) is 0.607. The normalized spacial score (nSPS) is 19.0. The van der Waals surface area contributed by atoms with Gasteiger partial charge in [0.25, 0.3) is 0 Å². The highest BCUT2D eigenvalue weighted by Crippen LogP contribution is 2.41. The molecule has 2 atom stereocenters. The summed E-state index contributed by atoms with van der Waals surface area (Å²) in [5, 5.41) is 8.26. The second-order valence-corrected chi connectivity index (χ2v) is 10.6. The number of anilines is 1. The molecule has 3 rings (SSSR count). The van der Waals surface area contributed by atoms with E-state index < -0.39 is 11.3 Å². The number of hydrogen-bond donors (Lipinski definition) is 3. The molecule has 38 heavy (non-hydrogen) atoms. The molecule has 3 N–H and O–H groups in total. The number of benzene rings is 1. The number of likely N-dealkylation sites (tertiary alicyclic amines) is 1. The number of imide groups is 1. The third-order valence-electron chi connectivity index (χ3n) is 8.09. The monoisotopic (exact) mass is 524 g/mol. The van der Waals surface area contributed by atoms with Gasteiger partial charge in [-0.2, -0.15) is 0 Å². The van der Waals surface area contributed by atoms with Gasteiger partial charge in [0.2, 0.25) is 29.5 Å². The number of hydrogen-bond acceptors (Lipinski definition) is 5. The predicted molar refractivity (Wildman–Crippen MR) is 148 cm³/mol. The maximum atomic E-state index is 12.9. The summed E-state index contributed by atoms with van der Waals surface area (Å²) >= 11 is 0. The van der Waals surface area contributed by atoms with Crippen LogP contribution in [0.1, 0.15) is 70.8 Å². The summed E-state index contributed by atoms with van der Waals surface area (Å²) in [6, 6.07) is 7.53. The van der Waals surface area contributed by atoms with Gasteiger partial charge in [0, 0.05) is 31.1 Å². The van der Waals surface area contributed by atoms with Crippen LogP contribution in [0.5, 0.6) is 0 Å². The molecule has 0 spiro atoms. The molecule has 9 nitrogen and oxygen atoms in total. The van der Waals surface area contributed by atoms with E-state index >= 15 is 0 Å². The van der Waals surface area contributed by atoms with Gasteiger partial charge in [0.05, 0.1) is 6.54 Å². The first-order valence-corrected chi connectivity index (χ1v) is 14.0. The largest absolute Gasteiger partial charge is 0.355 e. The van der Waals surface area contributed by atoms with E-state index in [-0.39, 0.29) is 42.0 Å². The van der Waals surface area contributed by atoms with E-state index in [4.69, 9.17) is 0 Å². The minimum absolute atomic E-state index is 0.0568. The molecule has 2 aliphatic rings. The van der Waals surface area contributed by atoms with E-state index in [0.29, 0.717) is 50.9 Å². The van der Waals surface area contributed by atoms with Crippen molar-refractivity contribution < 1.29 is 24.0 Å². The van der Waals surface area contributed by atoms with Crippen molar-refractivity contribution in [2.24, 2.45) is 17.3 Å². The molecule has 5 amide bonds. The standard InChI is InChI=1S/C28H41BN4O5/c1-3-19(2)22-16-24(35)33(25(22)36)15-6-4-5-14-30-26(37)28(12-7-13-28)27(38)31-18-23(34)32-21-10-8-20(17-29)9-11-21/h8-11,19,22H,3-7,12-18,29H2,1-2H3,(H,30,37)(H,31,38)(H,32,34). The summed E-state index contributed by atoms with van der Waals surface area (Å²) in [7, 11) is 2.06. The zero-order valence-electron chi connectivity index (χ0n) is 22.9. The molecule has 1 saturated heterocycles. The van der Waals surface area contributed by atoms with E-state index in [1.165, 1.54) is 10.5 Å². The average Bonchev–Trinajstić information content (AvgIpc) is 3.17. The lowest BCUT2D eigenvalue weighted by Crippen LogP contribution is -2.56. The van der Waals surface area contributed by atoms with Crippen LogP contribution in [0.25, 0.3) is 0 Å². The SMILES string of the molecule is BCc1ccc(NC(=O)CNC(=O)C2(C(=O)NCCCCCN3C(=O)CC(C(C)CC)C3=O)CCC2)cc1. The quantitative estimate of drug-likeness (QED) is 0.148. The van der Waals surface area contributed by atoms with Gasteiger partial charge in [-0.3, -0.25) is 28.9 Å². The number of carbonyl (C=O) groups is 5. The molecule has 1 heterocycles. The third kappa shape index (κ3) is 7.02. The number of amides is 5. The fourth-order valence-corrected chi connectivity index (χ4v) is 5.06. The van der Waals surface area contributed by atoms with Gasteiger partial charge in [-0.1, -0.05) is 50.7 Å². The van der Waals surface area contributed by atoms with Crippen LogP contribution in [0.15, 0.2) is 24.3 Å². The topological polar surface area (TPSA) is 125 Å². The first kappa shape index (κ1) is 29.4. The Labute approximate surface area is 226 Å². The van der Waals surface area contributed by atoms with Crippen LogP contribution in [-0.2, 0) is 30.3 Å². The molecule has 1 aliphatic carbocycles. The number of nitrogens with one attached hydrogen (secondary N) is 3. The first-order chi connectivity index (χ1) is 18.2. The predicted octanol–water partition coefficient (Wildman–Crippen LogP) is 1.75. The van der Waals surface area contributed by atoms with E-state index in [2.05, 4.69) is 23.8 Å². The summed E-state index contributed by atoms with van der Waals surface area (Å²) in [5.41, 5.74) is 0.704. The average molecular weight is 524 g/mol. The zero-order chi connectivity index (χ0) is 27.7. The van der Waals surface area contributed by atoms with Crippen molar-refractivity contribution in [3.8, 4) is 0 Å². The molecule has 2 fully saturated rings. The number of nitrogens with zero attached hydrogens (tertiary/aromatic N) is 1. The van der Waals surface area contributed by atoms with Crippen molar-refractivity contribution in [2.75, 3.05) is 25.0 Å². The molecule has 0 radical (unpaired) electrons.